The number of halogens is 3. The third kappa shape index (κ3) is 2.76. The van der Waals surface area contributed by atoms with Crippen molar-refractivity contribution in [1.82, 2.24) is 4.31 Å². The number of hydrogen-bond acceptors (Lipinski definition) is 2. The largest absolute Gasteiger partial charge is 0.247 e. The van der Waals surface area contributed by atoms with Crippen molar-refractivity contribution in [3.8, 4) is 0 Å². The molecule has 0 radical (unpaired) electrons. The van der Waals surface area contributed by atoms with Crippen molar-refractivity contribution in [2.24, 2.45) is 0 Å². The molecule has 2 atom stereocenters. The highest BCUT2D eigenvalue weighted by Crippen LogP contribution is 2.34. The molecule has 1 aromatic carbocycles. The van der Waals surface area contributed by atoms with Crippen LogP contribution < -0.4 is 0 Å². The fraction of sp³-hybridized carbons (Fsp3) is 0.538. The molecule has 0 bridgehead atoms. The molecule has 0 spiro atoms. The SMILES string of the molecule is CC1CCCC(C)N1S(=O)(=O)c1c(F)cc(F)cc1Br. The van der Waals surface area contributed by atoms with E-state index in [4.69, 9.17) is 0 Å². The number of hydrogen-bond donors (Lipinski definition) is 0. The van der Waals surface area contributed by atoms with Gasteiger partial charge in [0, 0.05) is 22.6 Å². The maximum absolute atomic E-state index is 13.9. The Morgan fingerprint density at radius 3 is 2.25 bits per heavy atom. The first-order valence-corrected chi connectivity index (χ1v) is 8.66. The van der Waals surface area contributed by atoms with E-state index in [0.29, 0.717) is 6.07 Å². The average Bonchev–Trinajstić information content (AvgIpc) is 2.25. The van der Waals surface area contributed by atoms with Crippen molar-refractivity contribution < 1.29 is 17.2 Å². The molecule has 3 nitrogen and oxygen atoms in total. The fourth-order valence-electron chi connectivity index (χ4n) is 2.75. The zero-order chi connectivity index (χ0) is 15.1. The standard InChI is InChI=1S/C13H16BrF2NO2S/c1-8-4-3-5-9(2)17(8)20(18,19)13-11(14)6-10(15)7-12(13)16/h6-9H,3-5H2,1-2H3. The van der Waals surface area contributed by atoms with E-state index >= 15 is 0 Å². The van der Waals surface area contributed by atoms with Crippen molar-refractivity contribution >= 4 is 26.0 Å². The van der Waals surface area contributed by atoms with Gasteiger partial charge in [-0.25, -0.2) is 17.2 Å². The van der Waals surface area contributed by atoms with Crippen molar-refractivity contribution in [2.75, 3.05) is 0 Å². The van der Waals surface area contributed by atoms with E-state index in [1.54, 1.807) is 0 Å². The van der Waals surface area contributed by atoms with Gasteiger partial charge < -0.3 is 0 Å². The molecular formula is C13H16BrF2NO2S. The molecule has 1 aromatic rings. The second-order valence-electron chi connectivity index (χ2n) is 5.16. The third-order valence-corrected chi connectivity index (χ3v) is 6.70. The number of rotatable bonds is 2. The smallest absolute Gasteiger partial charge is 0.207 e. The summed E-state index contributed by atoms with van der Waals surface area (Å²) in [5, 5.41) is 0. The second-order valence-corrected chi connectivity index (χ2v) is 7.80. The first-order valence-electron chi connectivity index (χ1n) is 6.43. The Morgan fingerprint density at radius 1 is 1.20 bits per heavy atom. The lowest BCUT2D eigenvalue weighted by Gasteiger charge is -2.37. The van der Waals surface area contributed by atoms with E-state index in [2.05, 4.69) is 15.9 Å². The molecule has 0 amide bonds. The molecule has 1 heterocycles. The molecule has 1 fully saturated rings. The van der Waals surface area contributed by atoms with Crippen LogP contribution >= 0.6 is 15.9 Å². The normalized spacial score (nSPS) is 24.9. The molecule has 0 aliphatic carbocycles. The summed E-state index contributed by atoms with van der Waals surface area (Å²) in [5.74, 6) is -1.88. The Labute approximate surface area is 126 Å². The molecule has 0 saturated carbocycles. The van der Waals surface area contributed by atoms with Gasteiger partial charge in [-0.15, -0.1) is 0 Å². The topological polar surface area (TPSA) is 37.4 Å². The summed E-state index contributed by atoms with van der Waals surface area (Å²) in [7, 11) is -3.99. The Morgan fingerprint density at radius 2 is 1.75 bits per heavy atom. The minimum atomic E-state index is -3.99. The lowest BCUT2D eigenvalue weighted by molar-refractivity contribution is 0.203. The van der Waals surface area contributed by atoms with Crippen molar-refractivity contribution in [1.29, 1.82) is 0 Å². The lowest BCUT2D eigenvalue weighted by atomic mass is 10.0. The minimum Gasteiger partial charge on any atom is -0.207 e. The first-order chi connectivity index (χ1) is 9.25. The predicted molar refractivity (Wildman–Crippen MR) is 75.9 cm³/mol. The van der Waals surface area contributed by atoms with Crippen LogP contribution in [0.3, 0.4) is 0 Å². The monoisotopic (exact) mass is 367 g/mol. The summed E-state index contributed by atoms with van der Waals surface area (Å²) < 4.78 is 53.7. The van der Waals surface area contributed by atoms with Crippen LogP contribution in [0.4, 0.5) is 8.78 Å². The van der Waals surface area contributed by atoms with Gasteiger partial charge in [0.2, 0.25) is 10.0 Å². The summed E-state index contributed by atoms with van der Waals surface area (Å²) in [6, 6.07) is 1.17. The zero-order valence-corrected chi connectivity index (χ0v) is 13.6. The highest BCUT2D eigenvalue weighted by molar-refractivity contribution is 9.10. The van der Waals surface area contributed by atoms with Crippen LogP contribution in [-0.2, 0) is 10.0 Å². The van der Waals surface area contributed by atoms with Gasteiger partial charge in [0.05, 0.1) is 0 Å². The van der Waals surface area contributed by atoms with Crippen LogP contribution in [0.1, 0.15) is 33.1 Å². The highest BCUT2D eigenvalue weighted by Gasteiger charge is 2.38. The molecule has 0 aromatic heterocycles. The molecule has 1 aliphatic heterocycles. The molecule has 1 aliphatic rings. The predicted octanol–water partition coefficient (Wildman–Crippen LogP) is 3.68. The summed E-state index contributed by atoms with van der Waals surface area (Å²) in [5.41, 5.74) is 0. The maximum atomic E-state index is 13.9. The van der Waals surface area contributed by atoms with Crippen molar-refractivity contribution in [2.45, 2.75) is 50.1 Å². The number of nitrogens with zero attached hydrogens (tertiary/aromatic N) is 1. The number of sulfonamides is 1. The Balaban J connectivity index is 2.55. The Bertz CT molecular complexity index is 588. The van der Waals surface area contributed by atoms with Gasteiger partial charge in [0.1, 0.15) is 16.5 Å². The van der Waals surface area contributed by atoms with E-state index in [-0.39, 0.29) is 16.6 Å². The number of benzene rings is 1. The molecule has 1 saturated heterocycles. The van der Waals surface area contributed by atoms with Gasteiger partial charge in [0.25, 0.3) is 0 Å². The van der Waals surface area contributed by atoms with Gasteiger partial charge in [-0.1, -0.05) is 6.42 Å². The van der Waals surface area contributed by atoms with Crippen LogP contribution in [0.5, 0.6) is 0 Å². The van der Waals surface area contributed by atoms with Crippen molar-refractivity contribution in [3.05, 3.63) is 28.2 Å². The summed E-state index contributed by atoms with van der Waals surface area (Å²) in [6.45, 7) is 3.62. The van der Waals surface area contributed by atoms with Gasteiger partial charge in [-0.05, 0) is 48.7 Å². The van der Waals surface area contributed by atoms with Crippen LogP contribution in [0.2, 0.25) is 0 Å². The fourth-order valence-corrected chi connectivity index (χ4v) is 5.75. The molecule has 2 unspecified atom stereocenters. The van der Waals surface area contributed by atoms with Gasteiger partial charge >= 0.3 is 0 Å². The first kappa shape index (κ1) is 15.9. The molecule has 20 heavy (non-hydrogen) atoms. The van der Waals surface area contributed by atoms with Crippen LogP contribution in [0, 0.1) is 11.6 Å². The Kier molecular flexibility index (Phi) is 4.51. The minimum absolute atomic E-state index is 0.0834. The molecule has 7 heteroatoms. The quantitative estimate of drug-likeness (QED) is 0.799. The van der Waals surface area contributed by atoms with Gasteiger partial charge in [-0.2, -0.15) is 4.31 Å². The van der Waals surface area contributed by atoms with Crippen LogP contribution in [0.15, 0.2) is 21.5 Å². The summed E-state index contributed by atoms with van der Waals surface area (Å²) in [4.78, 5) is -0.487. The van der Waals surface area contributed by atoms with E-state index < -0.39 is 26.6 Å². The van der Waals surface area contributed by atoms with E-state index in [9.17, 15) is 17.2 Å². The molecule has 2 rings (SSSR count). The maximum Gasteiger partial charge on any atom is 0.247 e. The summed E-state index contributed by atoms with van der Waals surface area (Å²) in [6.07, 6.45) is 2.43. The van der Waals surface area contributed by atoms with Crippen LogP contribution in [-0.4, -0.2) is 24.8 Å². The van der Waals surface area contributed by atoms with Crippen molar-refractivity contribution in [3.63, 3.8) is 0 Å². The van der Waals surface area contributed by atoms with Gasteiger partial charge in [0.15, 0.2) is 0 Å². The summed E-state index contributed by atoms with van der Waals surface area (Å²) >= 11 is 2.95. The molecular weight excluding hydrogens is 352 g/mol. The van der Waals surface area contributed by atoms with Gasteiger partial charge in [-0.3, -0.25) is 0 Å². The molecule has 0 N–H and O–H groups in total. The zero-order valence-electron chi connectivity index (χ0n) is 11.2. The Hall–Kier alpha value is -0.530. The van der Waals surface area contributed by atoms with E-state index in [1.807, 2.05) is 13.8 Å². The molecule has 112 valence electrons. The average molecular weight is 368 g/mol. The highest BCUT2D eigenvalue weighted by atomic mass is 79.9. The van der Waals surface area contributed by atoms with Crippen LogP contribution in [0.25, 0.3) is 0 Å². The second kappa shape index (κ2) is 5.69. The number of piperidine rings is 1. The lowest BCUT2D eigenvalue weighted by Crippen LogP contribution is -2.47. The van der Waals surface area contributed by atoms with E-state index in [1.165, 1.54) is 4.31 Å². The van der Waals surface area contributed by atoms with E-state index in [0.717, 1.165) is 25.3 Å². The third-order valence-electron chi connectivity index (χ3n) is 3.61.